The normalized spacial score (nSPS) is 20.8. The lowest BCUT2D eigenvalue weighted by atomic mass is 10.0. The van der Waals surface area contributed by atoms with E-state index in [0.29, 0.717) is 5.69 Å². The summed E-state index contributed by atoms with van der Waals surface area (Å²) in [6.07, 6.45) is -1.81. The Morgan fingerprint density at radius 1 is 1.23 bits per heavy atom. The zero-order valence-electron chi connectivity index (χ0n) is 6.58. The number of carbonyl (C=O) groups excluding carboxylic acids is 2. The maximum atomic E-state index is 13.2. The summed E-state index contributed by atoms with van der Waals surface area (Å²) in [4.78, 5) is 21.8. The van der Waals surface area contributed by atoms with Gasteiger partial charge in [-0.15, -0.1) is 0 Å². The van der Waals surface area contributed by atoms with Crippen molar-refractivity contribution in [2.75, 3.05) is 5.32 Å². The molecule has 0 saturated heterocycles. The number of carbonyl (C=O) groups is 2. The molecule has 1 aromatic carbocycles. The predicted octanol–water partition coefficient (Wildman–Crippen LogP) is 1.22. The standard InChI is InChI=1S/C9H6FNO2/c10-7-5-3-1-2-4-6(5)11-9(13)8(7)12/h1-4,7H,(H,11,13). The van der Waals surface area contributed by atoms with Crippen molar-refractivity contribution in [3.05, 3.63) is 29.8 Å². The minimum absolute atomic E-state index is 0.229. The van der Waals surface area contributed by atoms with Gasteiger partial charge in [0.05, 0.1) is 0 Å². The molecule has 13 heavy (non-hydrogen) atoms. The van der Waals surface area contributed by atoms with E-state index in [4.69, 9.17) is 0 Å². The van der Waals surface area contributed by atoms with Crippen LogP contribution in [-0.4, -0.2) is 11.7 Å². The third kappa shape index (κ3) is 1.11. The summed E-state index contributed by atoms with van der Waals surface area (Å²) in [7, 11) is 0. The Kier molecular flexibility index (Phi) is 1.62. The minimum Gasteiger partial charge on any atom is -0.319 e. The summed E-state index contributed by atoms with van der Waals surface area (Å²) < 4.78 is 13.2. The molecular formula is C9H6FNO2. The number of halogens is 1. The maximum Gasteiger partial charge on any atom is 0.295 e. The molecule has 0 aromatic heterocycles. The molecule has 0 saturated carbocycles. The fraction of sp³-hybridized carbons (Fsp3) is 0.111. The molecule has 1 aromatic rings. The zero-order valence-corrected chi connectivity index (χ0v) is 6.58. The molecular weight excluding hydrogens is 173 g/mol. The van der Waals surface area contributed by atoms with E-state index < -0.39 is 17.9 Å². The van der Waals surface area contributed by atoms with Gasteiger partial charge in [-0.05, 0) is 6.07 Å². The fourth-order valence-electron chi connectivity index (χ4n) is 1.27. The molecule has 1 amide bonds. The highest BCUT2D eigenvalue weighted by Crippen LogP contribution is 2.30. The molecule has 0 fully saturated rings. The van der Waals surface area contributed by atoms with Gasteiger partial charge in [0.25, 0.3) is 11.7 Å². The number of rotatable bonds is 0. The van der Waals surface area contributed by atoms with E-state index in [1.54, 1.807) is 18.2 Å². The summed E-state index contributed by atoms with van der Waals surface area (Å²) in [6, 6.07) is 6.33. The number of ketones is 1. The lowest BCUT2D eigenvalue weighted by Gasteiger charge is -2.18. The number of hydrogen-bond acceptors (Lipinski definition) is 2. The highest BCUT2D eigenvalue weighted by molar-refractivity contribution is 6.43. The van der Waals surface area contributed by atoms with Gasteiger partial charge in [-0.3, -0.25) is 9.59 Å². The van der Waals surface area contributed by atoms with Crippen LogP contribution in [0.3, 0.4) is 0 Å². The van der Waals surface area contributed by atoms with Crippen molar-refractivity contribution in [3.8, 4) is 0 Å². The third-order valence-corrected chi connectivity index (χ3v) is 1.94. The highest BCUT2D eigenvalue weighted by atomic mass is 19.1. The van der Waals surface area contributed by atoms with Crippen LogP contribution in [0.25, 0.3) is 0 Å². The molecule has 0 aliphatic carbocycles. The first-order valence-corrected chi connectivity index (χ1v) is 3.78. The first-order chi connectivity index (χ1) is 6.20. The summed E-state index contributed by atoms with van der Waals surface area (Å²) >= 11 is 0. The molecule has 1 N–H and O–H groups in total. The van der Waals surface area contributed by atoms with Gasteiger partial charge in [0.15, 0.2) is 6.17 Å². The molecule has 1 unspecified atom stereocenters. The molecule has 4 heteroatoms. The van der Waals surface area contributed by atoms with E-state index in [2.05, 4.69) is 5.32 Å². The lowest BCUT2D eigenvalue weighted by Crippen LogP contribution is -2.31. The van der Waals surface area contributed by atoms with Crippen LogP contribution in [0, 0.1) is 0 Å². The Hall–Kier alpha value is -1.71. The number of Topliss-reactive ketones (excluding diaryl/α,β-unsaturated/α-hetero) is 1. The molecule has 3 nitrogen and oxygen atoms in total. The number of para-hydroxylation sites is 1. The Labute approximate surface area is 73.6 Å². The van der Waals surface area contributed by atoms with Crippen molar-refractivity contribution in [3.63, 3.8) is 0 Å². The van der Waals surface area contributed by atoms with E-state index in [9.17, 15) is 14.0 Å². The van der Waals surface area contributed by atoms with Gasteiger partial charge in [0.1, 0.15) is 0 Å². The van der Waals surface area contributed by atoms with E-state index in [1.807, 2.05) is 0 Å². The van der Waals surface area contributed by atoms with Gasteiger partial charge >= 0.3 is 0 Å². The lowest BCUT2D eigenvalue weighted by molar-refractivity contribution is -0.138. The second-order valence-electron chi connectivity index (χ2n) is 2.77. The molecule has 0 bridgehead atoms. The summed E-state index contributed by atoms with van der Waals surface area (Å²) in [5.41, 5.74) is 0.603. The smallest absolute Gasteiger partial charge is 0.295 e. The van der Waals surface area contributed by atoms with Gasteiger partial charge in [0.2, 0.25) is 0 Å². The van der Waals surface area contributed by atoms with Gasteiger partial charge in [-0.1, -0.05) is 18.2 Å². The average Bonchev–Trinajstić information content (AvgIpc) is 2.15. The number of alkyl halides is 1. The van der Waals surface area contributed by atoms with Crippen molar-refractivity contribution in [2.24, 2.45) is 0 Å². The third-order valence-electron chi connectivity index (χ3n) is 1.94. The molecule has 0 radical (unpaired) electrons. The van der Waals surface area contributed by atoms with E-state index in [1.165, 1.54) is 6.07 Å². The summed E-state index contributed by atoms with van der Waals surface area (Å²) in [5, 5.41) is 2.31. The van der Waals surface area contributed by atoms with Crippen LogP contribution in [0.4, 0.5) is 10.1 Å². The summed E-state index contributed by atoms with van der Waals surface area (Å²) in [5.74, 6) is -1.91. The largest absolute Gasteiger partial charge is 0.319 e. The van der Waals surface area contributed by atoms with Gasteiger partial charge in [-0.2, -0.15) is 0 Å². The van der Waals surface area contributed by atoms with Crippen LogP contribution in [0.15, 0.2) is 24.3 Å². The summed E-state index contributed by atoms with van der Waals surface area (Å²) in [6.45, 7) is 0. The average molecular weight is 179 g/mol. The maximum absolute atomic E-state index is 13.2. The minimum atomic E-state index is -1.81. The van der Waals surface area contributed by atoms with Crippen LogP contribution in [0.1, 0.15) is 11.7 Å². The number of hydrogen-bond donors (Lipinski definition) is 1. The molecule has 66 valence electrons. The van der Waals surface area contributed by atoms with Crippen molar-refractivity contribution in [1.29, 1.82) is 0 Å². The van der Waals surface area contributed by atoms with Gasteiger partial charge < -0.3 is 5.32 Å². The Bertz CT molecular complexity index is 389. The molecule has 2 rings (SSSR count). The first-order valence-electron chi connectivity index (χ1n) is 3.78. The highest BCUT2D eigenvalue weighted by Gasteiger charge is 2.33. The van der Waals surface area contributed by atoms with Crippen molar-refractivity contribution >= 4 is 17.4 Å². The quantitative estimate of drug-likeness (QED) is 0.608. The molecule has 0 spiro atoms. The molecule has 1 heterocycles. The van der Waals surface area contributed by atoms with Crippen LogP contribution in [0.2, 0.25) is 0 Å². The van der Waals surface area contributed by atoms with E-state index in [-0.39, 0.29) is 5.56 Å². The Balaban J connectivity index is 2.55. The number of nitrogens with one attached hydrogen (secondary N) is 1. The fourth-order valence-corrected chi connectivity index (χ4v) is 1.27. The number of amides is 1. The van der Waals surface area contributed by atoms with E-state index >= 15 is 0 Å². The topological polar surface area (TPSA) is 46.2 Å². The SMILES string of the molecule is O=C1Nc2ccccc2C(F)C1=O. The number of fused-ring (bicyclic) bond motifs is 1. The van der Waals surface area contributed by atoms with Crippen molar-refractivity contribution in [2.45, 2.75) is 6.17 Å². The Morgan fingerprint density at radius 3 is 2.69 bits per heavy atom. The van der Waals surface area contributed by atoms with Gasteiger partial charge in [-0.25, -0.2) is 4.39 Å². The first kappa shape index (κ1) is 7.91. The van der Waals surface area contributed by atoms with Crippen LogP contribution < -0.4 is 5.32 Å². The monoisotopic (exact) mass is 179 g/mol. The van der Waals surface area contributed by atoms with Crippen LogP contribution >= 0.6 is 0 Å². The molecule has 1 atom stereocenters. The Morgan fingerprint density at radius 2 is 1.92 bits per heavy atom. The zero-order chi connectivity index (χ0) is 9.42. The number of benzene rings is 1. The number of anilines is 1. The van der Waals surface area contributed by atoms with Crippen LogP contribution in [0.5, 0.6) is 0 Å². The van der Waals surface area contributed by atoms with Gasteiger partial charge in [0, 0.05) is 11.3 Å². The second kappa shape index (κ2) is 2.65. The van der Waals surface area contributed by atoms with Crippen LogP contribution in [-0.2, 0) is 9.59 Å². The molecule has 1 aliphatic rings. The van der Waals surface area contributed by atoms with Crippen molar-refractivity contribution in [1.82, 2.24) is 0 Å². The molecule has 1 aliphatic heterocycles. The predicted molar refractivity (Wildman–Crippen MR) is 43.9 cm³/mol. The van der Waals surface area contributed by atoms with E-state index in [0.717, 1.165) is 0 Å². The van der Waals surface area contributed by atoms with Crippen molar-refractivity contribution < 1.29 is 14.0 Å². The second-order valence-corrected chi connectivity index (χ2v) is 2.77.